The van der Waals surface area contributed by atoms with Crippen molar-refractivity contribution in [3.63, 3.8) is 0 Å². The van der Waals surface area contributed by atoms with Crippen molar-refractivity contribution < 1.29 is 0 Å². The Labute approximate surface area is 110 Å². The van der Waals surface area contributed by atoms with Crippen molar-refractivity contribution in [1.82, 2.24) is 9.97 Å². The van der Waals surface area contributed by atoms with E-state index in [4.69, 9.17) is 23.2 Å². The van der Waals surface area contributed by atoms with Crippen LogP contribution in [0.4, 0.5) is 5.82 Å². The lowest BCUT2D eigenvalue weighted by molar-refractivity contribution is 1.11. The van der Waals surface area contributed by atoms with Gasteiger partial charge in [0.05, 0.1) is 10.7 Å². The molecule has 2 aromatic rings. The van der Waals surface area contributed by atoms with Crippen molar-refractivity contribution in [2.24, 2.45) is 0 Å². The molecule has 2 rings (SSSR count). The van der Waals surface area contributed by atoms with E-state index in [-0.39, 0.29) is 0 Å². The van der Waals surface area contributed by atoms with E-state index in [2.05, 4.69) is 15.3 Å². The van der Waals surface area contributed by atoms with Crippen molar-refractivity contribution in [2.45, 2.75) is 6.92 Å². The molecule has 0 spiro atoms. The zero-order valence-corrected chi connectivity index (χ0v) is 10.8. The molecule has 5 heteroatoms. The lowest BCUT2D eigenvalue weighted by Gasteiger charge is -2.06. The van der Waals surface area contributed by atoms with Crippen LogP contribution in [0.1, 0.15) is 6.92 Å². The van der Waals surface area contributed by atoms with Gasteiger partial charge in [0.25, 0.3) is 0 Å². The molecule has 0 aliphatic rings. The second-order valence-corrected chi connectivity index (χ2v) is 4.29. The molecule has 1 aromatic heterocycles. The molecular formula is C12H11Cl2N3. The first-order chi connectivity index (χ1) is 8.20. The van der Waals surface area contributed by atoms with Crippen LogP contribution in [-0.2, 0) is 0 Å². The predicted molar refractivity (Wildman–Crippen MR) is 71.7 cm³/mol. The van der Waals surface area contributed by atoms with Gasteiger partial charge in [0.15, 0.2) is 0 Å². The number of halogens is 2. The van der Waals surface area contributed by atoms with Gasteiger partial charge in [0.1, 0.15) is 12.1 Å². The van der Waals surface area contributed by atoms with Crippen molar-refractivity contribution in [1.29, 1.82) is 0 Å². The summed E-state index contributed by atoms with van der Waals surface area (Å²) < 4.78 is 0. The Kier molecular flexibility index (Phi) is 3.82. The number of benzene rings is 1. The number of anilines is 1. The molecule has 1 aromatic carbocycles. The minimum absolute atomic E-state index is 0.621. The molecule has 0 amide bonds. The molecule has 17 heavy (non-hydrogen) atoms. The van der Waals surface area contributed by atoms with E-state index < -0.39 is 0 Å². The summed E-state index contributed by atoms with van der Waals surface area (Å²) in [6, 6.07) is 7.15. The maximum Gasteiger partial charge on any atom is 0.129 e. The number of hydrogen-bond acceptors (Lipinski definition) is 3. The number of aromatic nitrogens is 2. The third kappa shape index (κ3) is 2.87. The summed E-state index contributed by atoms with van der Waals surface area (Å²) in [6.45, 7) is 2.81. The molecule has 1 heterocycles. The smallest absolute Gasteiger partial charge is 0.129 e. The fourth-order valence-electron chi connectivity index (χ4n) is 1.48. The fourth-order valence-corrected chi connectivity index (χ4v) is 1.86. The van der Waals surface area contributed by atoms with Gasteiger partial charge in [-0.05, 0) is 25.1 Å². The molecule has 1 N–H and O–H groups in total. The van der Waals surface area contributed by atoms with Gasteiger partial charge >= 0.3 is 0 Å². The minimum Gasteiger partial charge on any atom is -0.370 e. The van der Waals surface area contributed by atoms with E-state index in [1.54, 1.807) is 18.2 Å². The molecule has 0 bridgehead atoms. The number of nitrogens with zero attached hydrogens (tertiary/aromatic N) is 2. The Hall–Kier alpha value is -1.32. The third-order valence-electron chi connectivity index (χ3n) is 2.23. The van der Waals surface area contributed by atoms with Crippen molar-refractivity contribution in [3.8, 4) is 11.3 Å². The highest BCUT2D eigenvalue weighted by atomic mass is 35.5. The van der Waals surface area contributed by atoms with Crippen LogP contribution in [0.3, 0.4) is 0 Å². The van der Waals surface area contributed by atoms with E-state index in [0.29, 0.717) is 10.0 Å². The van der Waals surface area contributed by atoms with Crippen LogP contribution in [-0.4, -0.2) is 16.5 Å². The molecule has 0 atom stereocenters. The molecule has 0 saturated heterocycles. The van der Waals surface area contributed by atoms with Gasteiger partial charge in [-0.1, -0.05) is 23.2 Å². The summed E-state index contributed by atoms with van der Waals surface area (Å²) in [5.41, 5.74) is 1.56. The Balaban J connectivity index is 2.45. The Morgan fingerprint density at radius 1 is 1.18 bits per heavy atom. The van der Waals surface area contributed by atoms with Crippen LogP contribution in [0.25, 0.3) is 11.3 Å². The van der Waals surface area contributed by atoms with Crippen LogP contribution in [0.5, 0.6) is 0 Å². The van der Waals surface area contributed by atoms with Crippen molar-refractivity contribution in [2.75, 3.05) is 11.9 Å². The minimum atomic E-state index is 0.621. The van der Waals surface area contributed by atoms with Gasteiger partial charge in [0.2, 0.25) is 0 Å². The average Bonchev–Trinajstić information content (AvgIpc) is 2.33. The van der Waals surface area contributed by atoms with Gasteiger partial charge < -0.3 is 5.32 Å². The molecule has 0 fully saturated rings. The van der Waals surface area contributed by atoms with E-state index >= 15 is 0 Å². The van der Waals surface area contributed by atoms with Gasteiger partial charge in [-0.15, -0.1) is 0 Å². The predicted octanol–water partition coefficient (Wildman–Crippen LogP) is 3.88. The Bertz CT molecular complexity index is 529. The van der Waals surface area contributed by atoms with E-state index in [1.165, 1.54) is 6.33 Å². The first-order valence-corrected chi connectivity index (χ1v) is 5.97. The molecule has 0 radical (unpaired) electrons. The lowest BCUT2D eigenvalue weighted by Crippen LogP contribution is -2.00. The summed E-state index contributed by atoms with van der Waals surface area (Å²) in [6.07, 6.45) is 1.50. The highest BCUT2D eigenvalue weighted by molar-refractivity contribution is 6.35. The molecular weight excluding hydrogens is 257 g/mol. The summed E-state index contributed by atoms with van der Waals surface area (Å²) in [5, 5.41) is 4.38. The Morgan fingerprint density at radius 3 is 2.76 bits per heavy atom. The summed E-state index contributed by atoms with van der Waals surface area (Å²) in [5.74, 6) is 0.772. The molecule has 88 valence electrons. The van der Waals surface area contributed by atoms with Crippen molar-refractivity contribution >= 4 is 29.0 Å². The SMILES string of the molecule is CCNc1cc(-c2cc(Cl)ccc2Cl)ncn1. The molecule has 0 aliphatic carbocycles. The number of rotatable bonds is 3. The molecule has 0 saturated carbocycles. The standard InChI is InChI=1S/C12H11Cl2N3/c1-2-15-12-6-11(16-7-17-12)9-5-8(13)3-4-10(9)14/h3-7H,2H2,1H3,(H,15,16,17). The highest BCUT2D eigenvalue weighted by Gasteiger charge is 2.06. The summed E-state index contributed by atoms with van der Waals surface area (Å²) in [4.78, 5) is 8.31. The van der Waals surface area contributed by atoms with Gasteiger partial charge in [0, 0.05) is 23.2 Å². The fraction of sp³-hybridized carbons (Fsp3) is 0.167. The quantitative estimate of drug-likeness (QED) is 0.917. The summed E-state index contributed by atoms with van der Waals surface area (Å²) >= 11 is 12.1. The highest BCUT2D eigenvalue weighted by Crippen LogP contribution is 2.29. The second kappa shape index (κ2) is 5.34. The van der Waals surface area contributed by atoms with Crippen LogP contribution in [0.15, 0.2) is 30.6 Å². The normalized spacial score (nSPS) is 10.3. The van der Waals surface area contributed by atoms with Crippen LogP contribution in [0, 0.1) is 0 Å². The van der Waals surface area contributed by atoms with Crippen LogP contribution >= 0.6 is 23.2 Å². The largest absolute Gasteiger partial charge is 0.370 e. The van der Waals surface area contributed by atoms with E-state index in [1.807, 2.05) is 13.0 Å². The molecule has 0 aliphatic heterocycles. The van der Waals surface area contributed by atoms with Gasteiger partial charge in [-0.3, -0.25) is 0 Å². The second-order valence-electron chi connectivity index (χ2n) is 3.44. The molecule has 3 nitrogen and oxygen atoms in total. The zero-order valence-electron chi connectivity index (χ0n) is 9.24. The van der Waals surface area contributed by atoms with Crippen LogP contribution in [0.2, 0.25) is 10.0 Å². The Morgan fingerprint density at radius 2 is 2.00 bits per heavy atom. The van der Waals surface area contributed by atoms with Crippen LogP contribution < -0.4 is 5.32 Å². The first-order valence-electron chi connectivity index (χ1n) is 5.22. The van der Waals surface area contributed by atoms with E-state index in [0.717, 1.165) is 23.6 Å². The molecule has 0 unspecified atom stereocenters. The van der Waals surface area contributed by atoms with E-state index in [9.17, 15) is 0 Å². The first kappa shape index (κ1) is 12.1. The van der Waals surface area contributed by atoms with Gasteiger partial charge in [-0.25, -0.2) is 9.97 Å². The average molecular weight is 268 g/mol. The topological polar surface area (TPSA) is 37.8 Å². The van der Waals surface area contributed by atoms with Gasteiger partial charge in [-0.2, -0.15) is 0 Å². The summed E-state index contributed by atoms with van der Waals surface area (Å²) in [7, 11) is 0. The zero-order chi connectivity index (χ0) is 12.3. The number of hydrogen-bond donors (Lipinski definition) is 1. The lowest BCUT2D eigenvalue weighted by atomic mass is 10.1. The third-order valence-corrected chi connectivity index (χ3v) is 2.79. The maximum atomic E-state index is 6.12. The number of nitrogens with one attached hydrogen (secondary N) is 1. The monoisotopic (exact) mass is 267 g/mol. The maximum absolute atomic E-state index is 6.12. The van der Waals surface area contributed by atoms with Crippen molar-refractivity contribution in [3.05, 3.63) is 40.6 Å².